The molecule has 1 aliphatic heterocycles. The first kappa shape index (κ1) is 11.3. The summed E-state index contributed by atoms with van der Waals surface area (Å²) in [6, 6.07) is 10.3. The first-order chi connectivity index (χ1) is 7.66. The first-order valence-electron chi connectivity index (χ1n) is 5.99. The maximum atomic E-state index is 4.80. The van der Waals surface area contributed by atoms with Gasteiger partial charge in [-0.2, -0.15) is 0 Å². The van der Waals surface area contributed by atoms with Gasteiger partial charge in [-0.15, -0.1) is 0 Å². The molecule has 0 saturated carbocycles. The summed E-state index contributed by atoms with van der Waals surface area (Å²) in [4.78, 5) is 7.19. The lowest BCUT2D eigenvalue weighted by molar-refractivity contribution is 0.265. The monoisotopic (exact) mass is 216 g/mol. The Morgan fingerprint density at radius 3 is 2.19 bits per heavy atom. The average molecular weight is 216 g/mol. The minimum Gasteiger partial charge on any atom is -0.305 e. The fourth-order valence-electron chi connectivity index (χ4n) is 2.55. The second-order valence-corrected chi connectivity index (χ2v) is 4.90. The zero-order valence-electron chi connectivity index (χ0n) is 10.4. The van der Waals surface area contributed by atoms with Crippen LogP contribution in [-0.2, 0) is 0 Å². The molecule has 2 unspecified atom stereocenters. The molecular formula is C14H20N2. The van der Waals surface area contributed by atoms with Crippen molar-refractivity contribution in [1.29, 1.82) is 0 Å². The average Bonchev–Trinajstić information content (AvgIpc) is 2.25. The van der Waals surface area contributed by atoms with E-state index in [9.17, 15) is 0 Å². The van der Waals surface area contributed by atoms with Crippen LogP contribution in [0.4, 0.5) is 5.69 Å². The number of piperidine rings is 1. The Bertz CT molecular complexity index is 356. The maximum Gasteiger partial charge on any atom is 0.0629 e. The molecule has 0 N–H and O–H groups in total. The van der Waals surface area contributed by atoms with Gasteiger partial charge in [-0.05, 0) is 19.2 Å². The number of hydrogen-bond acceptors (Lipinski definition) is 2. The quantitative estimate of drug-likeness (QED) is 0.704. The molecule has 2 nitrogen and oxygen atoms in total. The third-order valence-corrected chi connectivity index (χ3v) is 3.20. The number of benzene rings is 1. The van der Waals surface area contributed by atoms with Crippen LogP contribution in [0.5, 0.6) is 0 Å². The molecule has 1 heterocycles. The van der Waals surface area contributed by atoms with Crippen LogP contribution in [0.1, 0.15) is 13.8 Å². The fraction of sp³-hybridized carbons (Fsp3) is 0.500. The van der Waals surface area contributed by atoms with Gasteiger partial charge < -0.3 is 4.90 Å². The second-order valence-electron chi connectivity index (χ2n) is 4.90. The Kier molecular flexibility index (Phi) is 3.39. The molecule has 0 bridgehead atoms. The molecular weight excluding hydrogens is 196 g/mol. The van der Waals surface area contributed by atoms with E-state index in [4.69, 9.17) is 4.99 Å². The van der Waals surface area contributed by atoms with Crippen LogP contribution in [0.25, 0.3) is 0 Å². The third kappa shape index (κ3) is 2.50. The zero-order valence-corrected chi connectivity index (χ0v) is 10.4. The lowest BCUT2D eigenvalue weighted by atomic mass is 9.89. The van der Waals surface area contributed by atoms with Gasteiger partial charge in [0.1, 0.15) is 0 Å². The van der Waals surface area contributed by atoms with Gasteiger partial charge in [0, 0.05) is 30.6 Å². The fourth-order valence-corrected chi connectivity index (χ4v) is 2.55. The van der Waals surface area contributed by atoms with Gasteiger partial charge in [-0.25, -0.2) is 0 Å². The molecule has 1 aromatic carbocycles. The highest BCUT2D eigenvalue weighted by Gasteiger charge is 2.25. The number of hydrogen-bond donors (Lipinski definition) is 0. The molecule has 0 radical (unpaired) electrons. The van der Waals surface area contributed by atoms with Crippen LogP contribution in [-0.4, -0.2) is 30.7 Å². The van der Waals surface area contributed by atoms with E-state index >= 15 is 0 Å². The van der Waals surface area contributed by atoms with Crippen LogP contribution in [0.15, 0.2) is 35.3 Å². The highest BCUT2D eigenvalue weighted by atomic mass is 15.1. The van der Waals surface area contributed by atoms with E-state index < -0.39 is 0 Å². The molecule has 2 heteroatoms. The number of para-hydroxylation sites is 1. The van der Waals surface area contributed by atoms with Crippen LogP contribution in [0, 0.1) is 11.8 Å². The minimum absolute atomic E-state index is 0.564. The summed E-state index contributed by atoms with van der Waals surface area (Å²) >= 11 is 0. The highest BCUT2D eigenvalue weighted by molar-refractivity contribution is 5.91. The number of nitrogens with zero attached hydrogens (tertiary/aromatic N) is 2. The van der Waals surface area contributed by atoms with E-state index in [1.807, 2.05) is 18.2 Å². The predicted octanol–water partition coefficient (Wildman–Crippen LogP) is 2.98. The summed E-state index contributed by atoms with van der Waals surface area (Å²) in [5.41, 5.74) is 2.44. The lowest BCUT2D eigenvalue weighted by Crippen LogP contribution is -2.42. The molecule has 2 rings (SSSR count). The molecule has 16 heavy (non-hydrogen) atoms. The molecule has 86 valence electrons. The van der Waals surface area contributed by atoms with Crippen molar-refractivity contribution in [2.45, 2.75) is 13.8 Å². The summed E-state index contributed by atoms with van der Waals surface area (Å²) < 4.78 is 0. The third-order valence-electron chi connectivity index (χ3n) is 3.20. The standard InChI is InChI=1S/C14H20N2/c1-11-9-16(3)10-12(2)14(11)15-13-7-5-4-6-8-13/h4-8,11-12H,9-10H2,1-3H3. The van der Waals surface area contributed by atoms with E-state index in [2.05, 4.69) is 37.9 Å². The molecule has 1 saturated heterocycles. The molecule has 2 atom stereocenters. The lowest BCUT2D eigenvalue weighted by Gasteiger charge is -2.33. The SMILES string of the molecule is CC1CN(C)CC(C)C1=Nc1ccccc1. The molecule has 0 amide bonds. The van der Waals surface area contributed by atoms with E-state index in [0.29, 0.717) is 11.8 Å². The van der Waals surface area contributed by atoms with Gasteiger partial charge in [0.05, 0.1) is 5.69 Å². The van der Waals surface area contributed by atoms with Gasteiger partial charge >= 0.3 is 0 Å². The summed E-state index contributed by atoms with van der Waals surface area (Å²) in [6.07, 6.45) is 0. The summed E-state index contributed by atoms with van der Waals surface area (Å²) in [5, 5.41) is 0. The van der Waals surface area contributed by atoms with Gasteiger partial charge in [-0.3, -0.25) is 4.99 Å². The van der Waals surface area contributed by atoms with Crippen LogP contribution in [0.3, 0.4) is 0 Å². The van der Waals surface area contributed by atoms with E-state index in [1.54, 1.807) is 0 Å². The normalized spacial score (nSPS) is 26.8. The van der Waals surface area contributed by atoms with Gasteiger partial charge in [-0.1, -0.05) is 32.0 Å². The van der Waals surface area contributed by atoms with E-state index in [-0.39, 0.29) is 0 Å². The molecule has 0 spiro atoms. The Morgan fingerprint density at radius 2 is 1.62 bits per heavy atom. The Morgan fingerprint density at radius 1 is 1.06 bits per heavy atom. The van der Waals surface area contributed by atoms with Crippen molar-refractivity contribution >= 4 is 11.4 Å². The minimum atomic E-state index is 0.564. The molecule has 1 fully saturated rings. The Balaban J connectivity index is 2.22. The van der Waals surface area contributed by atoms with Gasteiger partial charge in [0.15, 0.2) is 0 Å². The Hall–Kier alpha value is -1.15. The van der Waals surface area contributed by atoms with Crippen molar-refractivity contribution < 1.29 is 0 Å². The number of rotatable bonds is 1. The second kappa shape index (κ2) is 4.79. The molecule has 0 aliphatic carbocycles. The van der Waals surface area contributed by atoms with Crippen molar-refractivity contribution in [2.75, 3.05) is 20.1 Å². The van der Waals surface area contributed by atoms with Crippen molar-refractivity contribution in [2.24, 2.45) is 16.8 Å². The Labute approximate surface area is 98.0 Å². The van der Waals surface area contributed by atoms with Gasteiger partial charge in [0.25, 0.3) is 0 Å². The zero-order chi connectivity index (χ0) is 11.5. The van der Waals surface area contributed by atoms with E-state index in [0.717, 1.165) is 18.8 Å². The predicted molar refractivity (Wildman–Crippen MR) is 69.4 cm³/mol. The summed E-state index contributed by atoms with van der Waals surface area (Å²) in [7, 11) is 2.19. The van der Waals surface area contributed by atoms with Gasteiger partial charge in [0.2, 0.25) is 0 Å². The highest BCUT2D eigenvalue weighted by Crippen LogP contribution is 2.22. The molecule has 1 aliphatic rings. The summed E-state index contributed by atoms with van der Waals surface area (Å²) in [5.74, 6) is 1.13. The first-order valence-corrected chi connectivity index (χ1v) is 5.99. The molecule has 1 aromatic rings. The number of likely N-dealkylation sites (tertiary alicyclic amines) is 1. The molecule has 0 aromatic heterocycles. The van der Waals surface area contributed by atoms with Crippen LogP contribution < -0.4 is 0 Å². The number of aliphatic imine (C=N–C) groups is 1. The summed E-state index contributed by atoms with van der Waals surface area (Å²) in [6.45, 7) is 6.79. The van der Waals surface area contributed by atoms with Crippen molar-refractivity contribution in [3.63, 3.8) is 0 Å². The van der Waals surface area contributed by atoms with Crippen molar-refractivity contribution in [1.82, 2.24) is 4.90 Å². The maximum absolute atomic E-state index is 4.80. The van der Waals surface area contributed by atoms with E-state index in [1.165, 1.54) is 5.71 Å². The topological polar surface area (TPSA) is 15.6 Å². The largest absolute Gasteiger partial charge is 0.305 e. The van der Waals surface area contributed by atoms with Crippen LogP contribution in [0.2, 0.25) is 0 Å². The van der Waals surface area contributed by atoms with Crippen LogP contribution >= 0.6 is 0 Å². The smallest absolute Gasteiger partial charge is 0.0629 e. The van der Waals surface area contributed by atoms with Crippen molar-refractivity contribution in [3.05, 3.63) is 30.3 Å². The van der Waals surface area contributed by atoms with Crippen molar-refractivity contribution in [3.8, 4) is 0 Å².